The predicted octanol–water partition coefficient (Wildman–Crippen LogP) is 4.47. The van der Waals surface area contributed by atoms with Crippen LogP contribution in [0, 0.1) is 18.3 Å². The Bertz CT molecular complexity index is 627. The van der Waals surface area contributed by atoms with Gasteiger partial charge in [-0.25, -0.2) is 0 Å². The van der Waals surface area contributed by atoms with Gasteiger partial charge < -0.3 is 0 Å². The summed E-state index contributed by atoms with van der Waals surface area (Å²) in [6, 6.07) is 6.74. The van der Waals surface area contributed by atoms with E-state index in [0.29, 0.717) is 12.3 Å². The van der Waals surface area contributed by atoms with Crippen LogP contribution in [-0.4, -0.2) is 15.0 Å². The Labute approximate surface area is 134 Å². The summed E-state index contributed by atoms with van der Waals surface area (Å²) in [5.74, 6) is 0.328. The lowest BCUT2D eigenvalue weighted by molar-refractivity contribution is 0.157. The third-order valence-electron chi connectivity index (χ3n) is 4.71. The van der Waals surface area contributed by atoms with Crippen molar-refractivity contribution in [2.45, 2.75) is 51.3 Å². The molecule has 22 heavy (non-hydrogen) atoms. The van der Waals surface area contributed by atoms with Crippen LogP contribution in [0.4, 0.5) is 0 Å². The van der Waals surface area contributed by atoms with Gasteiger partial charge in [0.05, 0.1) is 11.5 Å². The van der Waals surface area contributed by atoms with E-state index in [-0.39, 0.29) is 16.9 Å². The van der Waals surface area contributed by atoms with Gasteiger partial charge in [-0.15, -0.1) is 0 Å². The van der Waals surface area contributed by atoms with E-state index in [0.717, 1.165) is 18.4 Å². The van der Waals surface area contributed by atoms with Crippen LogP contribution in [0.15, 0.2) is 41.3 Å². The summed E-state index contributed by atoms with van der Waals surface area (Å²) in [6.07, 6.45) is 4.07. The van der Waals surface area contributed by atoms with Crippen molar-refractivity contribution in [1.82, 2.24) is 0 Å². The number of hydrogen-bond acceptors (Lipinski definition) is 3. The van der Waals surface area contributed by atoms with Crippen molar-refractivity contribution in [3.8, 4) is 0 Å². The molecule has 0 N–H and O–H groups in total. The quantitative estimate of drug-likeness (QED) is 0.593. The maximum absolute atomic E-state index is 12.2. The van der Waals surface area contributed by atoms with Crippen LogP contribution in [-0.2, 0) is 14.3 Å². The Kier molecular flexibility index (Phi) is 5.13. The van der Waals surface area contributed by atoms with Crippen molar-refractivity contribution in [2.24, 2.45) is 11.3 Å². The Hall–Kier alpha value is -1.13. The van der Waals surface area contributed by atoms with Crippen molar-refractivity contribution in [3.05, 3.63) is 42.0 Å². The maximum Gasteiger partial charge on any atom is 0.296 e. The van der Waals surface area contributed by atoms with Crippen LogP contribution in [0.25, 0.3) is 0 Å². The first-order valence-electron chi connectivity index (χ1n) is 7.86. The first kappa shape index (κ1) is 17.2. The molecule has 1 unspecified atom stereocenters. The molecule has 0 spiro atoms. The molecule has 1 aliphatic carbocycles. The summed E-state index contributed by atoms with van der Waals surface area (Å²) in [6.45, 7) is 10.8. The Morgan fingerprint density at radius 3 is 2.50 bits per heavy atom. The standard InChI is InChI=1S/C18H26O3S/c1-14-7-9-16(10-8-14)22(19,20)21-13-11-17-15(2)6-5-12-18(17,3)4/h7-10,17H,2,5-6,11-13H2,1,3-4H3. The van der Waals surface area contributed by atoms with E-state index < -0.39 is 10.1 Å². The maximum atomic E-state index is 12.2. The van der Waals surface area contributed by atoms with E-state index in [1.165, 1.54) is 12.0 Å². The zero-order chi connectivity index (χ0) is 16.4. The molecule has 0 aromatic heterocycles. The number of aryl methyl sites for hydroxylation is 1. The summed E-state index contributed by atoms with van der Waals surface area (Å²) in [5.41, 5.74) is 2.43. The zero-order valence-corrected chi connectivity index (χ0v) is 14.6. The lowest BCUT2D eigenvalue weighted by atomic mass is 9.66. The van der Waals surface area contributed by atoms with Gasteiger partial charge in [0.1, 0.15) is 0 Å². The van der Waals surface area contributed by atoms with Crippen LogP contribution in [0.2, 0.25) is 0 Å². The largest absolute Gasteiger partial charge is 0.296 e. The zero-order valence-electron chi connectivity index (χ0n) is 13.8. The molecule has 3 nitrogen and oxygen atoms in total. The van der Waals surface area contributed by atoms with Gasteiger partial charge in [-0.1, -0.05) is 43.7 Å². The van der Waals surface area contributed by atoms with Crippen molar-refractivity contribution in [1.29, 1.82) is 0 Å². The highest BCUT2D eigenvalue weighted by Gasteiger charge is 2.34. The summed E-state index contributed by atoms with van der Waals surface area (Å²) in [5, 5.41) is 0. The molecule has 1 fully saturated rings. The van der Waals surface area contributed by atoms with Gasteiger partial charge in [-0.05, 0) is 56.1 Å². The first-order valence-corrected chi connectivity index (χ1v) is 9.27. The van der Waals surface area contributed by atoms with Crippen LogP contribution in [0.5, 0.6) is 0 Å². The second-order valence-corrected chi connectivity index (χ2v) is 8.55. The third kappa shape index (κ3) is 3.99. The second kappa shape index (κ2) is 6.55. The first-order chi connectivity index (χ1) is 10.2. The number of hydrogen-bond donors (Lipinski definition) is 0. The highest BCUT2D eigenvalue weighted by atomic mass is 32.2. The molecule has 0 amide bonds. The summed E-state index contributed by atoms with van der Waals surface area (Å²) >= 11 is 0. The predicted molar refractivity (Wildman–Crippen MR) is 89.2 cm³/mol. The smallest absolute Gasteiger partial charge is 0.266 e. The van der Waals surface area contributed by atoms with Gasteiger partial charge in [-0.2, -0.15) is 8.42 Å². The van der Waals surface area contributed by atoms with Crippen LogP contribution < -0.4 is 0 Å². The normalized spacial score (nSPS) is 21.8. The molecule has 0 bridgehead atoms. The lowest BCUT2D eigenvalue weighted by Gasteiger charge is -2.40. The fraction of sp³-hybridized carbons (Fsp3) is 0.556. The fourth-order valence-corrected chi connectivity index (χ4v) is 4.24. The van der Waals surface area contributed by atoms with Crippen molar-refractivity contribution in [3.63, 3.8) is 0 Å². The van der Waals surface area contributed by atoms with Gasteiger partial charge in [0.2, 0.25) is 0 Å². The van der Waals surface area contributed by atoms with Gasteiger partial charge in [0.15, 0.2) is 0 Å². The van der Waals surface area contributed by atoms with Gasteiger partial charge in [-0.3, -0.25) is 4.18 Å². The van der Waals surface area contributed by atoms with Gasteiger partial charge in [0.25, 0.3) is 10.1 Å². The summed E-state index contributed by atoms with van der Waals surface area (Å²) < 4.78 is 29.6. The van der Waals surface area contributed by atoms with E-state index in [4.69, 9.17) is 4.18 Å². The lowest BCUT2D eigenvalue weighted by Crippen LogP contribution is -2.30. The van der Waals surface area contributed by atoms with Gasteiger partial charge >= 0.3 is 0 Å². The molecular formula is C18H26O3S. The van der Waals surface area contributed by atoms with Crippen LogP contribution in [0.3, 0.4) is 0 Å². The number of rotatable bonds is 5. The van der Waals surface area contributed by atoms with E-state index in [9.17, 15) is 8.42 Å². The average molecular weight is 322 g/mol. The Morgan fingerprint density at radius 1 is 1.27 bits per heavy atom. The molecule has 0 aliphatic heterocycles. The Balaban J connectivity index is 1.97. The van der Waals surface area contributed by atoms with E-state index >= 15 is 0 Å². The van der Waals surface area contributed by atoms with Crippen molar-refractivity contribution in [2.75, 3.05) is 6.61 Å². The van der Waals surface area contributed by atoms with Crippen molar-refractivity contribution < 1.29 is 12.6 Å². The Morgan fingerprint density at radius 2 is 1.91 bits per heavy atom. The molecule has 1 aromatic rings. The molecule has 4 heteroatoms. The van der Waals surface area contributed by atoms with E-state index in [2.05, 4.69) is 20.4 Å². The topological polar surface area (TPSA) is 43.4 Å². The monoisotopic (exact) mass is 322 g/mol. The van der Waals surface area contributed by atoms with Crippen molar-refractivity contribution >= 4 is 10.1 Å². The highest BCUT2D eigenvalue weighted by molar-refractivity contribution is 7.86. The minimum absolute atomic E-state index is 0.173. The van der Waals surface area contributed by atoms with E-state index in [1.54, 1.807) is 24.3 Å². The van der Waals surface area contributed by atoms with Crippen LogP contribution in [0.1, 0.15) is 45.1 Å². The average Bonchev–Trinajstić information content (AvgIpc) is 2.42. The van der Waals surface area contributed by atoms with Crippen LogP contribution >= 0.6 is 0 Å². The molecule has 0 radical (unpaired) electrons. The SMILES string of the molecule is C=C1CCCC(C)(C)C1CCOS(=O)(=O)c1ccc(C)cc1. The molecule has 1 aliphatic rings. The number of allylic oxidation sites excluding steroid dienone is 1. The molecule has 2 rings (SSSR count). The molecule has 0 heterocycles. The van der Waals surface area contributed by atoms with E-state index in [1.807, 2.05) is 6.92 Å². The molecule has 122 valence electrons. The molecule has 1 saturated carbocycles. The molecular weight excluding hydrogens is 296 g/mol. The fourth-order valence-electron chi connectivity index (χ4n) is 3.32. The third-order valence-corrected chi connectivity index (χ3v) is 6.04. The minimum atomic E-state index is -3.66. The molecule has 1 atom stereocenters. The summed E-state index contributed by atoms with van der Waals surface area (Å²) in [4.78, 5) is 0.222. The second-order valence-electron chi connectivity index (χ2n) is 6.93. The molecule has 0 saturated heterocycles. The minimum Gasteiger partial charge on any atom is -0.266 e. The number of benzene rings is 1. The van der Waals surface area contributed by atoms with Gasteiger partial charge in [0, 0.05) is 0 Å². The highest BCUT2D eigenvalue weighted by Crippen LogP contribution is 2.44. The summed E-state index contributed by atoms with van der Waals surface area (Å²) in [7, 11) is -3.66. The molecule has 1 aromatic carbocycles.